The van der Waals surface area contributed by atoms with Gasteiger partial charge in [-0.2, -0.15) is 13.2 Å². The fourth-order valence-electron chi connectivity index (χ4n) is 3.98. The van der Waals surface area contributed by atoms with Gasteiger partial charge < -0.3 is 35.1 Å². The highest BCUT2D eigenvalue weighted by Crippen LogP contribution is 2.29. The summed E-state index contributed by atoms with van der Waals surface area (Å²) in [6.45, 7) is 15.6. The zero-order chi connectivity index (χ0) is 36.8. The fourth-order valence-corrected chi connectivity index (χ4v) is 5.01. The Bertz CT molecular complexity index is 1750. The van der Waals surface area contributed by atoms with Crippen molar-refractivity contribution in [1.82, 2.24) is 40.1 Å². The van der Waals surface area contributed by atoms with Gasteiger partial charge in [0, 0.05) is 64.2 Å². The maximum Gasteiger partial charge on any atom is 0.434 e. The smallest absolute Gasteiger partial charge is 0.396 e. The molecule has 4 aromatic rings. The molecule has 0 fully saturated rings. The fraction of sp³-hybridized carbons (Fsp3) is 0.548. The van der Waals surface area contributed by atoms with Crippen LogP contribution in [0.15, 0.2) is 29.4 Å². The van der Waals surface area contributed by atoms with Crippen molar-refractivity contribution in [3.8, 4) is 0 Å². The molecule has 0 aliphatic rings. The van der Waals surface area contributed by atoms with Gasteiger partial charge in [-0.3, -0.25) is 9.59 Å². The number of carbonyl (C=O) groups is 2. The lowest BCUT2D eigenvalue weighted by Gasteiger charge is -2.21. The number of halogens is 4. The predicted molar refractivity (Wildman–Crippen MR) is 185 cm³/mol. The van der Waals surface area contributed by atoms with E-state index >= 15 is 0 Å². The molecular weight excluding hydrogens is 729 g/mol. The van der Waals surface area contributed by atoms with E-state index < -0.39 is 31.3 Å². The van der Waals surface area contributed by atoms with Crippen LogP contribution in [-0.4, -0.2) is 92.5 Å². The van der Waals surface area contributed by atoms with Crippen molar-refractivity contribution in [3.63, 3.8) is 0 Å². The quantitative estimate of drug-likeness (QED) is 0.0926. The molecule has 0 aliphatic carbocycles. The Morgan fingerprint density at radius 2 is 1.53 bits per heavy atom. The number of aromatic nitrogens is 6. The van der Waals surface area contributed by atoms with Gasteiger partial charge in [-0.05, 0) is 22.0 Å². The number of nitrogens with zero attached hydrogens (tertiary/aromatic N) is 5. The first-order valence-electron chi connectivity index (χ1n) is 15.4. The molecule has 0 saturated carbocycles. The minimum Gasteiger partial charge on any atom is -0.396 e. The van der Waals surface area contributed by atoms with E-state index in [4.69, 9.17) is 9.84 Å². The average molecular weight is 774 g/mol. The van der Waals surface area contributed by atoms with Crippen molar-refractivity contribution in [2.45, 2.75) is 66.3 Å². The molecule has 5 N–H and O–H groups in total. The van der Waals surface area contributed by atoms with Crippen LogP contribution in [0.2, 0.25) is 25.7 Å². The monoisotopic (exact) mass is 772 g/mol. The van der Waals surface area contributed by atoms with Gasteiger partial charge in [0.15, 0.2) is 17.0 Å². The van der Waals surface area contributed by atoms with E-state index in [-0.39, 0.29) is 47.8 Å². The second-order valence-corrected chi connectivity index (χ2v) is 20.8. The molecule has 270 valence electrons. The van der Waals surface area contributed by atoms with E-state index in [2.05, 4.69) is 71.1 Å². The molecule has 4 rings (SSSR count). The second kappa shape index (κ2) is 16.1. The number of hydrogen-bond donors (Lipinski definition) is 5. The Kier molecular flexibility index (Phi) is 13.1. The minimum absolute atomic E-state index is 0.00861. The van der Waals surface area contributed by atoms with Crippen LogP contribution >= 0.6 is 15.9 Å². The third-order valence-corrected chi connectivity index (χ3v) is 9.32. The van der Waals surface area contributed by atoms with E-state index in [9.17, 15) is 27.9 Å². The van der Waals surface area contributed by atoms with E-state index in [1.165, 1.54) is 6.20 Å². The summed E-state index contributed by atoms with van der Waals surface area (Å²) in [7, 11) is -1.15. The van der Waals surface area contributed by atoms with Gasteiger partial charge in [-0.1, -0.05) is 47.3 Å². The average Bonchev–Trinajstić information content (AvgIpc) is 3.61. The number of aromatic amines is 1. The first-order valence-corrected chi connectivity index (χ1v) is 19.9. The number of nitrogens with one attached hydrogen (secondary N) is 3. The number of fused-ring (bicyclic) bond motifs is 2. The molecule has 0 bridgehead atoms. The Balaban J connectivity index is 0.000000271. The van der Waals surface area contributed by atoms with Crippen LogP contribution in [-0.2, 0) is 17.6 Å². The molecule has 0 aliphatic heterocycles. The Morgan fingerprint density at radius 1 is 0.939 bits per heavy atom. The number of rotatable bonds is 13. The van der Waals surface area contributed by atoms with Crippen LogP contribution in [0.5, 0.6) is 0 Å². The third-order valence-electron chi connectivity index (χ3n) is 7.23. The van der Waals surface area contributed by atoms with Crippen LogP contribution in [0, 0.1) is 10.8 Å². The molecule has 0 radical (unpaired) electrons. The van der Waals surface area contributed by atoms with E-state index in [0.717, 1.165) is 6.04 Å². The molecule has 0 spiro atoms. The zero-order valence-corrected chi connectivity index (χ0v) is 31.2. The van der Waals surface area contributed by atoms with Gasteiger partial charge in [0.1, 0.15) is 22.4 Å². The highest BCUT2D eigenvalue weighted by atomic mass is 79.9. The molecule has 0 atom stereocenters. The molecule has 0 saturated heterocycles. The lowest BCUT2D eigenvalue weighted by atomic mass is 9.95. The summed E-state index contributed by atoms with van der Waals surface area (Å²) < 4.78 is 46.2. The van der Waals surface area contributed by atoms with Crippen molar-refractivity contribution in [3.05, 3.63) is 46.2 Å². The molecule has 0 aromatic carbocycles. The van der Waals surface area contributed by atoms with E-state index in [1.807, 2.05) is 18.4 Å². The number of aliphatic hydroxyl groups excluding tert-OH is 2. The van der Waals surface area contributed by atoms with Crippen LogP contribution in [0.25, 0.3) is 22.3 Å². The highest BCUT2D eigenvalue weighted by molar-refractivity contribution is 9.10. The van der Waals surface area contributed by atoms with Crippen LogP contribution in [0.3, 0.4) is 0 Å². The standard InChI is InChI=1S/C18H29BrN4O3Si.C13H15F3N4O2/c1-18(2,11-24)10-21-17(25)13-9-23(12-26-6-7-27(3,4)5)16-15(13)22-14(19)8-20-16;1-12(2,6-21)5-19-11(22)7-3-17-10-9(7)20-8(4-18-10)13(14,15)16/h8-9,24H,6-7,10-12H2,1-5H3,(H,21,25);3-4,21H,5-6H2,1-2H3,(H,17,18)(H,19,22). The second-order valence-electron chi connectivity index (χ2n) is 14.4. The molecule has 4 aromatic heterocycles. The van der Waals surface area contributed by atoms with Crippen molar-refractivity contribution in [2.24, 2.45) is 10.8 Å². The van der Waals surface area contributed by atoms with E-state index in [1.54, 1.807) is 26.2 Å². The molecule has 2 amide bonds. The SMILES string of the molecule is CC(C)(CO)CNC(=O)c1c[nH]c2ncc(C(F)(F)F)nc12.CC(C)(CO)CNC(=O)c1cn(COCC[Si](C)(C)C)c2ncc(Br)nc12. The van der Waals surface area contributed by atoms with Crippen molar-refractivity contribution >= 4 is 58.1 Å². The molecule has 13 nitrogen and oxygen atoms in total. The third kappa shape index (κ3) is 11.6. The highest BCUT2D eigenvalue weighted by Gasteiger charge is 2.34. The number of amides is 2. The van der Waals surface area contributed by atoms with Gasteiger partial charge in [0.2, 0.25) is 0 Å². The summed E-state index contributed by atoms with van der Waals surface area (Å²) in [5.74, 6) is -0.823. The Labute approximate surface area is 291 Å². The van der Waals surface area contributed by atoms with Gasteiger partial charge in [-0.15, -0.1) is 0 Å². The number of ether oxygens (including phenoxy) is 1. The lowest BCUT2D eigenvalue weighted by molar-refractivity contribution is -0.141. The zero-order valence-electron chi connectivity index (χ0n) is 28.6. The van der Waals surface area contributed by atoms with Crippen molar-refractivity contribution in [1.29, 1.82) is 0 Å². The van der Waals surface area contributed by atoms with Gasteiger partial charge in [0.05, 0.1) is 23.5 Å². The molecular formula is C31H44BrF3N8O5Si. The normalized spacial score (nSPS) is 12.6. The summed E-state index contributed by atoms with van der Waals surface area (Å²) in [6.07, 6.45) is 0.566. The maximum atomic E-state index is 12.7. The summed E-state index contributed by atoms with van der Waals surface area (Å²) in [6, 6.07) is 1.08. The molecule has 49 heavy (non-hydrogen) atoms. The Hall–Kier alpha value is -3.45. The first-order chi connectivity index (χ1) is 22.7. The van der Waals surface area contributed by atoms with Crippen molar-refractivity contribution in [2.75, 3.05) is 32.9 Å². The molecule has 18 heteroatoms. The number of hydrogen-bond acceptors (Lipinski definition) is 9. The summed E-state index contributed by atoms with van der Waals surface area (Å²) >= 11 is 3.32. The summed E-state index contributed by atoms with van der Waals surface area (Å²) in [4.78, 5) is 43.3. The van der Waals surface area contributed by atoms with Gasteiger partial charge in [0.25, 0.3) is 11.8 Å². The van der Waals surface area contributed by atoms with E-state index in [0.29, 0.717) is 47.4 Å². The van der Waals surface area contributed by atoms with Crippen LogP contribution in [0.4, 0.5) is 13.2 Å². The maximum absolute atomic E-state index is 12.7. The van der Waals surface area contributed by atoms with Crippen LogP contribution in [0.1, 0.15) is 54.1 Å². The predicted octanol–water partition coefficient (Wildman–Crippen LogP) is 4.98. The van der Waals surface area contributed by atoms with Crippen molar-refractivity contribution < 1.29 is 37.7 Å². The summed E-state index contributed by atoms with van der Waals surface area (Å²) in [5, 5.41) is 23.9. The van der Waals surface area contributed by atoms with Crippen LogP contribution < -0.4 is 10.6 Å². The minimum atomic E-state index is -4.63. The van der Waals surface area contributed by atoms with Gasteiger partial charge in [-0.25, -0.2) is 19.9 Å². The lowest BCUT2D eigenvalue weighted by Crippen LogP contribution is -2.36. The molecule has 0 unspecified atom stereocenters. The largest absolute Gasteiger partial charge is 0.434 e. The van der Waals surface area contributed by atoms with Gasteiger partial charge >= 0.3 is 6.18 Å². The number of carbonyl (C=O) groups excluding carboxylic acids is 2. The molecule has 4 heterocycles. The number of H-pyrrole nitrogens is 1. The summed E-state index contributed by atoms with van der Waals surface area (Å²) in [5.41, 5.74) is -0.581. The topological polar surface area (TPSA) is 180 Å². The first kappa shape index (κ1) is 40.0. The Morgan fingerprint density at radius 3 is 2.08 bits per heavy atom. The number of aliphatic hydroxyl groups is 2. The number of alkyl halides is 3.